The Hall–Kier alpha value is -2.09. The predicted octanol–water partition coefficient (Wildman–Crippen LogP) is 2.56. The van der Waals surface area contributed by atoms with Crippen molar-refractivity contribution in [2.45, 2.75) is 12.8 Å². The first-order valence-corrected chi connectivity index (χ1v) is 4.76. The molecule has 0 aliphatic rings. The number of benzene rings is 1. The average molecular weight is 222 g/mol. The second-order valence-corrected chi connectivity index (χ2v) is 3.15. The maximum absolute atomic E-state index is 12.8. The summed E-state index contributed by atoms with van der Waals surface area (Å²) in [5, 5.41) is 13.5. The second-order valence-electron chi connectivity index (χ2n) is 3.15. The highest BCUT2D eigenvalue weighted by Crippen LogP contribution is 2.24. The van der Waals surface area contributed by atoms with E-state index < -0.39 is 10.7 Å². The highest BCUT2D eigenvalue weighted by molar-refractivity contribution is 5.61. The van der Waals surface area contributed by atoms with Crippen molar-refractivity contribution in [3.8, 4) is 12.3 Å². The van der Waals surface area contributed by atoms with Crippen LogP contribution >= 0.6 is 0 Å². The number of nitro groups is 1. The third-order valence-electron chi connectivity index (χ3n) is 1.97. The molecule has 0 fully saturated rings. The van der Waals surface area contributed by atoms with Crippen LogP contribution in [-0.2, 0) is 0 Å². The average Bonchev–Trinajstić information content (AvgIpc) is 2.26. The molecule has 84 valence electrons. The molecule has 0 unspecified atom stereocenters. The molecule has 1 rings (SSSR count). The van der Waals surface area contributed by atoms with Crippen molar-refractivity contribution < 1.29 is 9.31 Å². The van der Waals surface area contributed by atoms with Crippen LogP contribution in [0.3, 0.4) is 0 Å². The first-order chi connectivity index (χ1) is 7.65. The molecular formula is C11H11FN2O2. The van der Waals surface area contributed by atoms with Crippen LogP contribution in [-0.4, -0.2) is 11.5 Å². The molecule has 0 spiro atoms. The molecule has 0 aliphatic carbocycles. The first kappa shape index (κ1) is 12.0. The number of hydrogen-bond acceptors (Lipinski definition) is 3. The summed E-state index contributed by atoms with van der Waals surface area (Å²) in [7, 11) is 0. The molecule has 0 aromatic heterocycles. The summed E-state index contributed by atoms with van der Waals surface area (Å²) in [6.07, 6.45) is 6.38. The van der Waals surface area contributed by atoms with Crippen molar-refractivity contribution >= 4 is 11.4 Å². The monoisotopic (exact) mass is 222 g/mol. The van der Waals surface area contributed by atoms with E-state index in [1.807, 2.05) is 0 Å². The molecule has 0 atom stereocenters. The first-order valence-electron chi connectivity index (χ1n) is 4.76. The van der Waals surface area contributed by atoms with Crippen molar-refractivity contribution in [2.24, 2.45) is 0 Å². The fourth-order valence-corrected chi connectivity index (χ4v) is 1.22. The van der Waals surface area contributed by atoms with Gasteiger partial charge in [0.25, 0.3) is 5.69 Å². The lowest BCUT2D eigenvalue weighted by Gasteiger charge is -2.05. The highest BCUT2D eigenvalue weighted by Gasteiger charge is 2.13. The summed E-state index contributed by atoms with van der Waals surface area (Å²) >= 11 is 0. The van der Waals surface area contributed by atoms with Crippen LogP contribution in [0, 0.1) is 28.3 Å². The Morgan fingerprint density at radius 2 is 2.31 bits per heavy atom. The lowest BCUT2D eigenvalue weighted by Crippen LogP contribution is -2.04. The minimum absolute atomic E-state index is 0.263. The molecule has 4 nitrogen and oxygen atoms in total. The number of anilines is 1. The van der Waals surface area contributed by atoms with Gasteiger partial charge < -0.3 is 5.32 Å². The van der Waals surface area contributed by atoms with E-state index >= 15 is 0 Å². The van der Waals surface area contributed by atoms with Crippen LogP contribution in [0.2, 0.25) is 0 Å². The molecule has 1 aromatic carbocycles. The fourth-order valence-electron chi connectivity index (χ4n) is 1.22. The molecule has 16 heavy (non-hydrogen) atoms. The SMILES string of the molecule is C#CCCCNc1ccc(F)cc1[N+](=O)[O-]. The minimum atomic E-state index is -0.624. The third kappa shape index (κ3) is 3.24. The summed E-state index contributed by atoms with van der Waals surface area (Å²) in [6.45, 7) is 0.524. The van der Waals surface area contributed by atoms with Crippen LogP contribution in [0.15, 0.2) is 18.2 Å². The number of nitrogens with one attached hydrogen (secondary N) is 1. The van der Waals surface area contributed by atoms with Gasteiger partial charge in [-0.2, -0.15) is 0 Å². The molecule has 0 radical (unpaired) electrons. The molecule has 5 heteroatoms. The minimum Gasteiger partial charge on any atom is -0.379 e. The van der Waals surface area contributed by atoms with Crippen molar-refractivity contribution in [1.82, 2.24) is 0 Å². The van der Waals surface area contributed by atoms with Crippen molar-refractivity contribution in [1.29, 1.82) is 0 Å². The third-order valence-corrected chi connectivity index (χ3v) is 1.97. The maximum Gasteiger partial charge on any atom is 0.295 e. The maximum atomic E-state index is 12.8. The number of nitrogens with zero attached hydrogens (tertiary/aromatic N) is 1. The van der Waals surface area contributed by atoms with E-state index in [0.717, 1.165) is 6.07 Å². The fraction of sp³-hybridized carbons (Fsp3) is 0.273. The van der Waals surface area contributed by atoms with Gasteiger partial charge in [-0.1, -0.05) is 0 Å². The Bertz CT molecular complexity index is 426. The Balaban J connectivity index is 2.72. The van der Waals surface area contributed by atoms with E-state index in [1.54, 1.807) is 0 Å². The van der Waals surface area contributed by atoms with Crippen LogP contribution in [0.25, 0.3) is 0 Å². The van der Waals surface area contributed by atoms with Gasteiger partial charge in [0.15, 0.2) is 0 Å². The zero-order chi connectivity index (χ0) is 12.0. The van der Waals surface area contributed by atoms with Gasteiger partial charge in [0, 0.05) is 13.0 Å². The predicted molar refractivity (Wildman–Crippen MR) is 59.6 cm³/mol. The number of unbranched alkanes of at least 4 members (excludes halogenated alkanes) is 1. The van der Waals surface area contributed by atoms with Gasteiger partial charge in [0.1, 0.15) is 11.5 Å². The summed E-state index contributed by atoms with van der Waals surface area (Å²) in [4.78, 5) is 10.0. The zero-order valence-electron chi connectivity index (χ0n) is 8.57. The van der Waals surface area contributed by atoms with E-state index in [1.165, 1.54) is 12.1 Å². The smallest absolute Gasteiger partial charge is 0.295 e. The van der Waals surface area contributed by atoms with Crippen molar-refractivity contribution in [3.05, 3.63) is 34.1 Å². The number of hydrogen-bond donors (Lipinski definition) is 1. The van der Waals surface area contributed by atoms with Crippen LogP contribution in [0.5, 0.6) is 0 Å². The number of rotatable bonds is 5. The van der Waals surface area contributed by atoms with Gasteiger partial charge in [-0.3, -0.25) is 10.1 Å². The lowest BCUT2D eigenvalue weighted by atomic mass is 10.2. The van der Waals surface area contributed by atoms with Gasteiger partial charge in [-0.25, -0.2) is 4.39 Å². The largest absolute Gasteiger partial charge is 0.379 e. The van der Waals surface area contributed by atoms with Gasteiger partial charge in [-0.15, -0.1) is 12.3 Å². The van der Waals surface area contributed by atoms with Gasteiger partial charge >= 0.3 is 0 Å². The molecular weight excluding hydrogens is 211 g/mol. The van der Waals surface area contributed by atoms with Gasteiger partial charge in [-0.05, 0) is 18.6 Å². The lowest BCUT2D eigenvalue weighted by molar-refractivity contribution is -0.384. The normalized spacial score (nSPS) is 9.50. The molecule has 1 N–H and O–H groups in total. The van der Waals surface area contributed by atoms with Crippen LogP contribution in [0.4, 0.5) is 15.8 Å². The molecule has 1 aromatic rings. The number of terminal acetylenes is 1. The van der Waals surface area contributed by atoms with Crippen molar-refractivity contribution in [2.75, 3.05) is 11.9 Å². The Labute approximate surface area is 92.6 Å². The van der Waals surface area contributed by atoms with E-state index in [4.69, 9.17) is 6.42 Å². The molecule has 0 bridgehead atoms. The Kier molecular flexibility index (Phi) is 4.28. The van der Waals surface area contributed by atoms with Crippen LogP contribution < -0.4 is 5.32 Å². The summed E-state index contributed by atoms with van der Waals surface area (Å²) in [6, 6.07) is 3.42. The quantitative estimate of drug-likeness (QED) is 0.360. The summed E-state index contributed by atoms with van der Waals surface area (Å²) < 4.78 is 12.8. The highest BCUT2D eigenvalue weighted by atomic mass is 19.1. The van der Waals surface area contributed by atoms with E-state index in [9.17, 15) is 14.5 Å². The molecule has 0 saturated heterocycles. The topological polar surface area (TPSA) is 55.2 Å². The zero-order valence-corrected chi connectivity index (χ0v) is 8.57. The Morgan fingerprint density at radius 1 is 1.56 bits per heavy atom. The van der Waals surface area contributed by atoms with E-state index in [0.29, 0.717) is 25.1 Å². The summed E-state index contributed by atoms with van der Waals surface area (Å²) in [5.74, 6) is 1.84. The Morgan fingerprint density at radius 3 is 2.94 bits per heavy atom. The number of nitro benzene ring substituents is 1. The van der Waals surface area contributed by atoms with Gasteiger partial charge in [0.05, 0.1) is 11.0 Å². The van der Waals surface area contributed by atoms with E-state index in [-0.39, 0.29) is 5.69 Å². The molecule has 0 amide bonds. The summed E-state index contributed by atoms with van der Waals surface area (Å²) in [5.41, 5.74) is 0.0455. The second kappa shape index (κ2) is 5.71. The van der Waals surface area contributed by atoms with Crippen molar-refractivity contribution in [3.63, 3.8) is 0 Å². The number of halogens is 1. The molecule has 0 heterocycles. The standard InChI is InChI=1S/C11H11FN2O2/c1-2-3-4-7-13-10-6-5-9(12)8-11(10)14(15)16/h1,5-6,8,13H,3-4,7H2. The molecule has 0 aliphatic heterocycles. The molecule has 0 saturated carbocycles. The van der Waals surface area contributed by atoms with E-state index in [2.05, 4.69) is 11.2 Å². The van der Waals surface area contributed by atoms with Gasteiger partial charge in [0.2, 0.25) is 0 Å². The van der Waals surface area contributed by atoms with Crippen LogP contribution in [0.1, 0.15) is 12.8 Å².